The molecular formula is C16H24N2O4S. The van der Waals surface area contributed by atoms with Gasteiger partial charge in [0.05, 0.1) is 17.7 Å². The lowest BCUT2D eigenvalue weighted by Gasteiger charge is -2.20. The fourth-order valence-electron chi connectivity index (χ4n) is 2.78. The summed E-state index contributed by atoms with van der Waals surface area (Å²) in [5.74, 6) is 0.492. The number of nitrogens with zero attached hydrogens (tertiary/aromatic N) is 1. The summed E-state index contributed by atoms with van der Waals surface area (Å²) in [5, 5.41) is 0. The molecule has 1 aliphatic heterocycles. The van der Waals surface area contributed by atoms with E-state index in [4.69, 9.17) is 4.74 Å². The summed E-state index contributed by atoms with van der Waals surface area (Å²) in [7, 11) is -2.11. The zero-order chi connectivity index (χ0) is 17.0. The van der Waals surface area contributed by atoms with Crippen molar-refractivity contribution in [1.82, 2.24) is 4.72 Å². The Labute approximate surface area is 137 Å². The molecule has 0 aliphatic carbocycles. The van der Waals surface area contributed by atoms with Crippen LogP contribution in [0.2, 0.25) is 0 Å². The Bertz CT molecular complexity index is 673. The molecule has 0 saturated carbocycles. The number of hydrogen-bond acceptors (Lipinski definition) is 4. The predicted octanol–water partition coefficient (Wildman–Crippen LogP) is 2.29. The van der Waals surface area contributed by atoms with Crippen LogP contribution in [-0.4, -0.2) is 34.0 Å². The zero-order valence-electron chi connectivity index (χ0n) is 13.8. The fourth-order valence-corrected chi connectivity index (χ4v) is 4.07. The monoisotopic (exact) mass is 340 g/mol. The van der Waals surface area contributed by atoms with Gasteiger partial charge in [-0.1, -0.05) is 13.3 Å². The summed E-state index contributed by atoms with van der Waals surface area (Å²) in [5.41, 5.74) is 0.515. The van der Waals surface area contributed by atoms with Crippen LogP contribution in [0.4, 0.5) is 5.69 Å². The van der Waals surface area contributed by atoms with Crippen LogP contribution >= 0.6 is 0 Å². The number of amides is 1. The molecule has 1 heterocycles. The predicted molar refractivity (Wildman–Crippen MR) is 89.3 cm³/mol. The SMILES string of the molecule is CCC[C@H](C)NS(=O)(=O)c1ccc(OC)c(N2CCCC2=O)c1. The number of carbonyl (C=O) groups is 1. The molecule has 1 atom stereocenters. The summed E-state index contributed by atoms with van der Waals surface area (Å²) in [4.78, 5) is 13.7. The van der Waals surface area contributed by atoms with Gasteiger partial charge in [0, 0.05) is 19.0 Å². The first-order valence-electron chi connectivity index (χ1n) is 7.89. The standard InChI is InChI=1S/C16H24N2O4S/c1-4-6-12(2)17-23(20,21)13-8-9-15(22-3)14(11-13)18-10-5-7-16(18)19/h8-9,11-12,17H,4-7,10H2,1-3H3/t12-/m0/s1. The Balaban J connectivity index is 2.35. The number of sulfonamides is 1. The van der Waals surface area contributed by atoms with Gasteiger partial charge in [0.1, 0.15) is 5.75 Å². The summed E-state index contributed by atoms with van der Waals surface area (Å²) < 4.78 is 33.0. The van der Waals surface area contributed by atoms with E-state index in [9.17, 15) is 13.2 Å². The third-order valence-corrected chi connectivity index (χ3v) is 5.49. The number of methoxy groups -OCH3 is 1. The van der Waals surface area contributed by atoms with Gasteiger partial charge in [-0.15, -0.1) is 0 Å². The van der Waals surface area contributed by atoms with Crippen molar-refractivity contribution in [2.45, 2.75) is 50.5 Å². The van der Waals surface area contributed by atoms with Crippen molar-refractivity contribution in [1.29, 1.82) is 0 Å². The van der Waals surface area contributed by atoms with Crippen molar-refractivity contribution in [2.75, 3.05) is 18.6 Å². The van der Waals surface area contributed by atoms with Crippen LogP contribution < -0.4 is 14.4 Å². The first kappa shape index (κ1) is 17.7. The summed E-state index contributed by atoms with van der Waals surface area (Å²) in [6, 6.07) is 4.48. The van der Waals surface area contributed by atoms with Crippen LogP contribution in [0.3, 0.4) is 0 Å². The number of anilines is 1. The van der Waals surface area contributed by atoms with E-state index in [1.807, 2.05) is 13.8 Å². The minimum absolute atomic E-state index is 0.00911. The van der Waals surface area contributed by atoms with Crippen molar-refractivity contribution >= 4 is 21.6 Å². The number of hydrogen-bond donors (Lipinski definition) is 1. The Morgan fingerprint density at radius 2 is 2.13 bits per heavy atom. The van der Waals surface area contributed by atoms with Gasteiger partial charge >= 0.3 is 0 Å². The third kappa shape index (κ3) is 4.03. The Kier molecular flexibility index (Phi) is 5.64. The maximum Gasteiger partial charge on any atom is 0.240 e. The smallest absolute Gasteiger partial charge is 0.240 e. The van der Waals surface area contributed by atoms with Crippen molar-refractivity contribution < 1.29 is 17.9 Å². The second kappa shape index (κ2) is 7.31. The minimum atomic E-state index is -3.62. The normalized spacial score (nSPS) is 16.7. The Morgan fingerprint density at radius 1 is 1.39 bits per heavy atom. The van der Waals surface area contributed by atoms with Gasteiger partial charge in [-0.05, 0) is 38.0 Å². The highest BCUT2D eigenvalue weighted by molar-refractivity contribution is 7.89. The number of benzene rings is 1. The molecule has 0 bridgehead atoms. The zero-order valence-corrected chi connectivity index (χ0v) is 14.6. The van der Waals surface area contributed by atoms with Gasteiger partial charge in [0.15, 0.2) is 0 Å². The first-order valence-corrected chi connectivity index (χ1v) is 9.38. The van der Waals surface area contributed by atoms with Gasteiger partial charge in [-0.2, -0.15) is 0 Å². The van der Waals surface area contributed by atoms with E-state index in [2.05, 4.69) is 4.72 Å². The average molecular weight is 340 g/mol. The molecule has 1 amide bonds. The second-order valence-electron chi connectivity index (χ2n) is 5.79. The minimum Gasteiger partial charge on any atom is -0.495 e. The van der Waals surface area contributed by atoms with E-state index in [0.717, 1.165) is 19.3 Å². The first-order chi connectivity index (χ1) is 10.9. The molecule has 1 saturated heterocycles. The van der Waals surface area contributed by atoms with Crippen LogP contribution in [0.25, 0.3) is 0 Å². The Hall–Kier alpha value is -1.60. The van der Waals surface area contributed by atoms with Gasteiger partial charge in [-0.3, -0.25) is 4.79 Å². The Morgan fingerprint density at radius 3 is 2.70 bits per heavy atom. The largest absolute Gasteiger partial charge is 0.495 e. The molecule has 0 radical (unpaired) electrons. The summed E-state index contributed by atoms with van der Waals surface area (Å²) >= 11 is 0. The third-order valence-electron chi connectivity index (χ3n) is 3.90. The molecule has 1 fully saturated rings. The van der Waals surface area contributed by atoms with E-state index in [0.29, 0.717) is 24.4 Å². The number of ether oxygens (including phenoxy) is 1. The molecule has 2 rings (SSSR count). The summed E-state index contributed by atoms with van der Waals surface area (Å²) in [6.45, 7) is 4.43. The number of rotatable bonds is 7. The average Bonchev–Trinajstić information content (AvgIpc) is 2.92. The van der Waals surface area contributed by atoms with Gasteiger partial charge in [-0.25, -0.2) is 13.1 Å². The van der Waals surface area contributed by atoms with Gasteiger partial charge in [0.25, 0.3) is 0 Å². The highest BCUT2D eigenvalue weighted by Gasteiger charge is 2.27. The number of carbonyl (C=O) groups excluding carboxylic acids is 1. The van der Waals surface area contributed by atoms with Crippen LogP contribution in [0, 0.1) is 0 Å². The molecular weight excluding hydrogens is 316 g/mol. The van der Waals surface area contributed by atoms with Crippen molar-refractivity contribution in [3.63, 3.8) is 0 Å². The lowest BCUT2D eigenvalue weighted by molar-refractivity contribution is -0.117. The maximum absolute atomic E-state index is 12.5. The number of nitrogens with one attached hydrogen (secondary N) is 1. The molecule has 1 aromatic carbocycles. The van der Waals surface area contributed by atoms with Gasteiger partial charge < -0.3 is 9.64 Å². The molecule has 7 heteroatoms. The van der Waals surface area contributed by atoms with Crippen LogP contribution in [0.1, 0.15) is 39.5 Å². The van der Waals surface area contributed by atoms with E-state index in [1.54, 1.807) is 11.0 Å². The van der Waals surface area contributed by atoms with E-state index in [-0.39, 0.29) is 16.8 Å². The van der Waals surface area contributed by atoms with E-state index in [1.165, 1.54) is 19.2 Å². The van der Waals surface area contributed by atoms with Crippen LogP contribution in [0.5, 0.6) is 5.75 Å². The molecule has 0 spiro atoms. The maximum atomic E-state index is 12.5. The van der Waals surface area contributed by atoms with Gasteiger partial charge in [0.2, 0.25) is 15.9 Å². The molecule has 23 heavy (non-hydrogen) atoms. The fraction of sp³-hybridized carbons (Fsp3) is 0.562. The van der Waals surface area contributed by atoms with Crippen molar-refractivity contribution in [3.8, 4) is 5.75 Å². The molecule has 1 N–H and O–H groups in total. The van der Waals surface area contributed by atoms with E-state index < -0.39 is 10.0 Å². The molecule has 1 aromatic rings. The highest BCUT2D eigenvalue weighted by Crippen LogP contribution is 2.33. The van der Waals surface area contributed by atoms with Crippen molar-refractivity contribution in [3.05, 3.63) is 18.2 Å². The van der Waals surface area contributed by atoms with Crippen LogP contribution in [-0.2, 0) is 14.8 Å². The van der Waals surface area contributed by atoms with E-state index >= 15 is 0 Å². The molecule has 128 valence electrons. The molecule has 0 unspecified atom stereocenters. The van der Waals surface area contributed by atoms with Crippen LogP contribution in [0.15, 0.2) is 23.1 Å². The quantitative estimate of drug-likeness (QED) is 0.826. The molecule has 0 aromatic heterocycles. The lowest BCUT2D eigenvalue weighted by Crippen LogP contribution is -2.32. The second-order valence-corrected chi connectivity index (χ2v) is 7.51. The topological polar surface area (TPSA) is 75.7 Å². The molecule has 6 nitrogen and oxygen atoms in total. The summed E-state index contributed by atoms with van der Waals surface area (Å²) in [6.07, 6.45) is 2.92. The highest BCUT2D eigenvalue weighted by atomic mass is 32.2. The lowest BCUT2D eigenvalue weighted by atomic mass is 10.2. The molecule has 1 aliphatic rings. The van der Waals surface area contributed by atoms with Crippen molar-refractivity contribution in [2.24, 2.45) is 0 Å².